The second-order valence-corrected chi connectivity index (χ2v) is 5.73. The Bertz CT molecular complexity index is 339. The van der Waals surface area contributed by atoms with Gasteiger partial charge in [0.1, 0.15) is 0 Å². The number of amides is 2. The van der Waals surface area contributed by atoms with E-state index in [0.29, 0.717) is 19.6 Å². The topological polar surface area (TPSA) is 75.4 Å². The van der Waals surface area contributed by atoms with Crippen LogP contribution in [0.2, 0.25) is 0 Å². The smallest absolute Gasteiger partial charge is 0.228 e. The second kappa shape index (κ2) is 5.26. The molecule has 1 saturated heterocycles. The van der Waals surface area contributed by atoms with E-state index in [1.54, 1.807) is 0 Å². The summed E-state index contributed by atoms with van der Waals surface area (Å²) in [4.78, 5) is 26.0. The zero-order valence-corrected chi connectivity index (χ0v) is 11.1. The van der Waals surface area contributed by atoms with Crippen LogP contribution in [-0.4, -0.2) is 42.9 Å². The normalized spacial score (nSPS) is 25.7. The van der Waals surface area contributed by atoms with Crippen LogP contribution < -0.4 is 11.1 Å². The maximum absolute atomic E-state index is 12.2. The van der Waals surface area contributed by atoms with Crippen molar-refractivity contribution in [1.82, 2.24) is 10.2 Å². The molecule has 1 atom stereocenters. The Morgan fingerprint density at radius 2 is 2.17 bits per heavy atom. The molecule has 0 aromatic rings. The minimum Gasteiger partial charge on any atom is -0.355 e. The molecule has 0 aromatic carbocycles. The van der Waals surface area contributed by atoms with Crippen LogP contribution in [0.4, 0.5) is 0 Å². The Morgan fingerprint density at radius 1 is 1.44 bits per heavy atom. The largest absolute Gasteiger partial charge is 0.355 e. The number of rotatable bonds is 4. The molecule has 102 valence electrons. The Hall–Kier alpha value is -1.10. The average molecular weight is 253 g/mol. The molecule has 5 heteroatoms. The van der Waals surface area contributed by atoms with Gasteiger partial charge in [-0.05, 0) is 25.7 Å². The van der Waals surface area contributed by atoms with Gasteiger partial charge in [0.2, 0.25) is 11.8 Å². The molecular weight excluding hydrogens is 230 g/mol. The molecule has 1 saturated carbocycles. The first-order valence-corrected chi connectivity index (χ1v) is 6.84. The molecule has 2 rings (SSSR count). The highest BCUT2D eigenvalue weighted by Gasteiger charge is 2.47. The standard InChI is InChI=1S/C13H23N3O2/c1-13(4-5-13)12(18)16-8-2-3-10(9-16)11(17)15-7-6-14/h10H,2-9,14H2,1H3,(H,15,17). The van der Waals surface area contributed by atoms with E-state index >= 15 is 0 Å². The highest BCUT2D eigenvalue weighted by Crippen LogP contribution is 2.46. The number of nitrogens with zero attached hydrogens (tertiary/aromatic N) is 1. The van der Waals surface area contributed by atoms with Gasteiger partial charge in [0.05, 0.1) is 5.92 Å². The monoisotopic (exact) mass is 253 g/mol. The molecule has 5 nitrogen and oxygen atoms in total. The predicted octanol–water partition coefficient (Wildman–Crippen LogP) is 0.100. The number of likely N-dealkylation sites (tertiary alicyclic amines) is 1. The molecule has 1 heterocycles. The van der Waals surface area contributed by atoms with Crippen molar-refractivity contribution in [2.24, 2.45) is 17.1 Å². The van der Waals surface area contributed by atoms with Gasteiger partial charge in [0, 0.05) is 31.6 Å². The number of nitrogens with one attached hydrogen (secondary N) is 1. The molecule has 0 spiro atoms. The molecule has 0 aromatic heterocycles. The molecule has 18 heavy (non-hydrogen) atoms. The minimum absolute atomic E-state index is 0.0406. The summed E-state index contributed by atoms with van der Waals surface area (Å²) in [6, 6.07) is 0. The zero-order valence-electron chi connectivity index (χ0n) is 11.1. The molecule has 2 aliphatic rings. The molecule has 0 radical (unpaired) electrons. The van der Waals surface area contributed by atoms with Crippen molar-refractivity contribution < 1.29 is 9.59 Å². The summed E-state index contributed by atoms with van der Waals surface area (Å²) < 4.78 is 0. The fourth-order valence-electron chi connectivity index (χ4n) is 2.50. The lowest BCUT2D eigenvalue weighted by molar-refractivity contribution is -0.140. The van der Waals surface area contributed by atoms with E-state index < -0.39 is 0 Å². The van der Waals surface area contributed by atoms with Gasteiger partial charge in [-0.15, -0.1) is 0 Å². The second-order valence-electron chi connectivity index (χ2n) is 5.73. The zero-order chi connectivity index (χ0) is 13.2. The third-order valence-corrected chi connectivity index (χ3v) is 4.04. The first-order chi connectivity index (χ1) is 8.57. The molecule has 1 aliphatic heterocycles. The Kier molecular flexibility index (Phi) is 3.90. The Balaban J connectivity index is 1.88. The summed E-state index contributed by atoms with van der Waals surface area (Å²) in [7, 11) is 0. The molecule has 1 aliphatic carbocycles. The van der Waals surface area contributed by atoms with E-state index in [0.717, 1.165) is 32.2 Å². The van der Waals surface area contributed by atoms with Gasteiger partial charge in [0.25, 0.3) is 0 Å². The van der Waals surface area contributed by atoms with Crippen LogP contribution in [0.15, 0.2) is 0 Å². The number of hydrogen-bond donors (Lipinski definition) is 2. The van der Waals surface area contributed by atoms with E-state index in [4.69, 9.17) is 5.73 Å². The Labute approximate surface area is 108 Å². The molecule has 1 unspecified atom stereocenters. The molecular formula is C13H23N3O2. The quantitative estimate of drug-likeness (QED) is 0.746. The van der Waals surface area contributed by atoms with Crippen molar-refractivity contribution in [3.05, 3.63) is 0 Å². The fourth-order valence-corrected chi connectivity index (χ4v) is 2.50. The summed E-state index contributed by atoms with van der Waals surface area (Å²) in [6.07, 6.45) is 3.78. The highest BCUT2D eigenvalue weighted by molar-refractivity contribution is 5.86. The lowest BCUT2D eigenvalue weighted by Gasteiger charge is -2.33. The Morgan fingerprint density at radius 3 is 2.78 bits per heavy atom. The van der Waals surface area contributed by atoms with Gasteiger partial charge in [-0.25, -0.2) is 0 Å². The van der Waals surface area contributed by atoms with Crippen molar-refractivity contribution in [2.45, 2.75) is 32.6 Å². The van der Waals surface area contributed by atoms with Crippen LogP contribution in [0.5, 0.6) is 0 Å². The van der Waals surface area contributed by atoms with Crippen LogP contribution in [0, 0.1) is 11.3 Å². The average Bonchev–Trinajstić information content (AvgIpc) is 3.14. The first-order valence-electron chi connectivity index (χ1n) is 6.84. The van der Waals surface area contributed by atoms with Gasteiger partial charge in [-0.1, -0.05) is 6.92 Å². The third-order valence-electron chi connectivity index (χ3n) is 4.04. The fraction of sp³-hybridized carbons (Fsp3) is 0.846. The molecule has 3 N–H and O–H groups in total. The van der Waals surface area contributed by atoms with E-state index in [9.17, 15) is 9.59 Å². The van der Waals surface area contributed by atoms with Gasteiger partial charge in [0.15, 0.2) is 0 Å². The summed E-state index contributed by atoms with van der Waals surface area (Å²) in [5.41, 5.74) is 5.24. The van der Waals surface area contributed by atoms with E-state index in [1.165, 1.54) is 0 Å². The lowest BCUT2D eigenvalue weighted by atomic mass is 9.95. The number of nitrogens with two attached hydrogens (primary N) is 1. The number of carbonyl (C=O) groups is 2. The molecule has 2 fully saturated rings. The van der Waals surface area contributed by atoms with Crippen LogP contribution >= 0.6 is 0 Å². The van der Waals surface area contributed by atoms with E-state index in [1.807, 2.05) is 11.8 Å². The van der Waals surface area contributed by atoms with Crippen molar-refractivity contribution in [3.8, 4) is 0 Å². The van der Waals surface area contributed by atoms with Crippen molar-refractivity contribution in [3.63, 3.8) is 0 Å². The van der Waals surface area contributed by atoms with E-state index in [2.05, 4.69) is 5.32 Å². The van der Waals surface area contributed by atoms with Crippen molar-refractivity contribution in [2.75, 3.05) is 26.2 Å². The van der Waals surface area contributed by atoms with E-state index in [-0.39, 0.29) is 23.1 Å². The van der Waals surface area contributed by atoms with Crippen molar-refractivity contribution >= 4 is 11.8 Å². The van der Waals surface area contributed by atoms with Crippen LogP contribution in [0.3, 0.4) is 0 Å². The minimum atomic E-state index is -0.129. The molecule has 0 bridgehead atoms. The highest BCUT2D eigenvalue weighted by atomic mass is 16.2. The van der Waals surface area contributed by atoms with Gasteiger partial charge in [-0.3, -0.25) is 9.59 Å². The summed E-state index contributed by atoms with van der Waals surface area (Å²) >= 11 is 0. The first kappa shape index (κ1) is 13.3. The van der Waals surface area contributed by atoms with Gasteiger partial charge >= 0.3 is 0 Å². The summed E-state index contributed by atoms with van der Waals surface area (Å²) in [6.45, 7) is 4.37. The van der Waals surface area contributed by atoms with Crippen LogP contribution in [0.1, 0.15) is 32.6 Å². The van der Waals surface area contributed by atoms with Crippen LogP contribution in [-0.2, 0) is 9.59 Å². The van der Waals surface area contributed by atoms with Crippen LogP contribution in [0.25, 0.3) is 0 Å². The van der Waals surface area contributed by atoms with Crippen molar-refractivity contribution in [1.29, 1.82) is 0 Å². The lowest BCUT2D eigenvalue weighted by Crippen LogP contribution is -2.47. The SMILES string of the molecule is CC1(C(=O)N2CCCC(C(=O)NCCN)C2)CC1. The summed E-state index contributed by atoms with van der Waals surface area (Å²) in [5, 5.41) is 2.81. The number of carbonyl (C=O) groups excluding carboxylic acids is 2. The van der Waals surface area contributed by atoms with Gasteiger partial charge in [-0.2, -0.15) is 0 Å². The third kappa shape index (κ3) is 2.83. The molecule has 2 amide bonds. The van der Waals surface area contributed by atoms with Gasteiger partial charge < -0.3 is 16.0 Å². The maximum atomic E-state index is 12.2. The number of piperidine rings is 1. The maximum Gasteiger partial charge on any atom is 0.228 e. The predicted molar refractivity (Wildman–Crippen MR) is 68.7 cm³/mol. The summed E-state index contributed by atoms with van der Waals surface area (Å²) in [5.74, 6) is 0.217. The number of hydrogen-bond acceptors (Lipinski definition) is 3.